The van der Waals surface area contributed by atoms with Gasteiger partial charge in [-0.15, -0.1) is 24.8 Å². The number of H-pyrrole nitrogens is 1. The summed E-state index contributed by atoms with van der Waals surface area (Å²) in [5.74, 6) is -3.55. The van der Waals surface area contributed by atoms with Crippen molar-refractivity contribution >= 4 is 66.1 Å². The quantitative estimate of drug-likeness (QED) is 0.521. The highest BCUT2D eigenvalue weighted by molar-refractivity contribution is 6.34. The zero-order chi connectivity index (χ0) is 20.5. The monoisotopic (exact) mass is 487 g/mol. The summed E-state index contributed by atoms with van der Waals surface area (Å²) in [6, 6.07) is 10.2. The highest BCUT2D eigenvalue weighted by atomic mass is 35.5. The predicted octanol–water partition coefficient (Wildman–Crippen LogP) is 4.75. The molecular formula is C19H14Cl3F2N5O2. The molecule has 0 unspecified atom stereocenters. The van der Waals surface area contributed by atoms with Crippen LogP contribution in [0.1, 0.15) is 26.4 Å². The number of rotatable bonds is 3. The van der Waals surface area contributed by atoms with Crippen molar-refractivity contribution in [1.82, 2.24) is 15.1 Å². The molecule has 1 aromatic heterocycles. The van der Waals surface area contributed by atoms with Gasteiger partial charge in [-0.1, -0.05) is 29.8 Å². The Balaban J connectivity index is 0.00000171. The SMILES string of the molecule is Cl.Cl.O=C(Nc1cc(C(=O)N2C=Nc3ccccc3C2)[nH]n1)c1cc(F)c(F)cc1Cl. The first-order valence-electron chi connectivity index (χ1n) is 8.37. The van der Waals surface area contributed by atoms with E-state index in [0.29, 0.717) is 18.7 Å². The summed E-state index contributed by atoms with van der Waals surface area (Å²) in [5, 5.41) is 8.51. The molecule has 31 heavy (non-hydrogen) atoms. The molecule has 12 heteroatoms. The number of hydrogen-bond acceptors (Lipinski definition) is 4. The Morgan fingerprint density at radius 1 is 1.10 bits per heavy atom. The highest BCUT2D eigenvalue weighted by Gasteiger charge is 2.22. The van der Waals surface area contributed by atoms with Crippen LogP contribution < -0.4 is 5.32 Å². The third-order valence-electron chi connectivity index (χ3n) is 4.23. The molecule has 0 radical (unpaired) electrons. The summed E-state index contributed by atoms with van der Waals surface area (Å²) in [4.78, 5) is 30.5. The molecule has 0 aliphatic carbocycles. The van der Waals surface area contributed by atoms with Gasteiger partial charge in [0, 0.05) is 6.07 Å². The molecule has 2 heterocycles. The smallest absolute Gasteiger partial charge is 0.277 e. The number of carbonyl (C=O) groups excluding carboxylic acids is 2. The topological polar surface area (TPSA) is 90.5 Å². The van der Waals surface area contributed by atoms with Crippen LogP contribution in [0.3, 0.4) is 0 Å². The standard InChI is InChI=1S/C19H12ClF2N5O2.2ClH/c20-12-6-14(22)13(21)5-11(12)18(28)24-17-7-16(25-26-17)19(29)27-8-10-3-1-2-4-15(10)23-9-27;;/h1-7,9H,8H2,(H2,24,25,26,28);2*1H. The number of aromatic nitrogens is 2. The van der Waals surface area contributed by atoms with Gasteiger partial charge < -0.3 is 5.32 Å². The van der Waals surface area contributed by atoms with E-state index in [9.17, 15) is 18.4 Å². The number of fused-ring (bicyclic) bond motifs is 1. The van der Waals surface area contributed by atoms with Crippen LogP contribution in [-0.2, 0) is 6.54 Å². The van der Waals surface area contributed by atoms with E-state index in [0.717, 1.165) is 11.3 Å². The molecule has 1 aliphatic heterocycles. The van der Waals surface area contributed by atoms with Gasteiger partial charge in [-0.3, -0.25) is 19.6 Å². The van der Waals surface area contributed by atoms with E-state index < -0.39 is 23.4 Å². The minimum Gasteiger partial charge on any atom is -0.305 e. The number of halogens is 5. The highest BCUT2D eigenvalue weighted by Crippen LogP contribution is 2.25. The zero-order valence-corrected chi connectivity index (χ0v) is 17.8. The van der Waals surface area contributed by atoms with Gasteiger partial charge in [-0.25, -0.2) is 13.8 Å². The van der Waals surface area contributed by atoms with Crippen molar-refractivity contribution in [1.29, 1.82) is 0 Å². The molecule has 0 fully saturated rings. The molecule has 162 valence electrons. The predicted molar refractivity (Wildman–Crippen MR) is 117 cm³/mol. The minimum atomic E-state index is -1.21. The Bertz CT molecular complexity index is 1170. The van der Waals surface area contributed by atoms with Gasteiger partial charge in [0.2, 0.25) is 0 Å². The van der Waals surface area contributed by atoms with Crippen molar-refractivity contribution in [3.63, 3.8) is 0 Å². The normalized spacial score (nSPS) is 11.8. The number of benzene rings is 2. The average molecular weight is 489 g/mol. The number of nitrogens with one attached hydrogen (secondary N) is 2. The fourth-order valence-electron chi connectivity index (χ4n) is 2.78. The van der Waals surface area contributed by atoms with E-state index in [1.54, 1.807) is 0 Å². The fourth-order valence-corrected chi connectivity index (χ4v) is 3.02. The number of amides is 2. The summed E-state index contributed by atoms with van der Waals surface area (Å²) >= 11 is 5.79. The number of aromatic amines is 1. The van der Waals surface area contributed by atoms with E-state index in [1.807, 2.05) is 24.3 Å². The first kappa shape index (κ1) is 24.3. The van der Waals surface area contributed by atoms with E-state index in [1.165, 1.54) is 17.3 Å². The Kier molecular flexibility index (Phi) is 7.72. The summed E-state index contributed by atoms with van der Waals surface area (Å²) in [6.07, 6.45) is 1.42. The number of anilines is 1. The maximum Gasteiger partial charge on any atom is 0.277 e. The van der Waals surface area contributed by atoms with Crippen LogP contribution in [0.25, 0.3) is 0 Å². The van der Waals surface area contributed by atoms with Gasteiger partial charge in [-0.2, -0.15) is 5.10 Å². The molecule has 2 N–H and O–H groups in total. The summed E-state index contributed by atoms with van der Waals surface area (Å²) in [6.45, 7) is 0.337. The molecule has 4 rings (SSSR count). The van der Waals surface area contributed by atoms with Crippen molar-refractivity contribution in [2.45, 2.75) is 6.54 Å². The summed E-state index contributed by atoms with van der Waals surface area (Å²) < 4.78 is 26.5. The Labute approximate surface area is 192 Å². The van der Waals surface area contributed by atoms with Crippen LogP contribution in [0, 0.1) is 11.6 Å². The van der Waals surface area contributed by atoms with Gasteiger partial charge in [-0.05, 0) is 23.8 Å². The number of para-hydroxylation sites is 1. The lowest BCUT2D eigenvalue weighted by Gasteiger charge is -2.21. The maximum atomic E-state index is 13.4. The van der Waals surface area contributed by atoms with Crippen LogP contribution in [0.2, 0.25) is 5.02 Å². The van der Waals surface area contributed by atoms with Crippen LogP contribution in [0.15, 0.2) is 47.5 Å². The zero-order valence-electron chi connectivity index (χ0n) is 15.4. The molecule has 1 aliphatic rings. The number of aliphatic imine (C=N–C) groups is 1. The van der Waals surface area contributed by atoms with Crippen LogP contribution in [0.5, 0.6) is 0 Å². The van der Waals surface area contributed by atoms with Gasteiger partial charge in [0.25, 0.3) is 11.8 Å². The maximum absolute atomic E-state index is 13.4. The third kappa shape index (κ3) is 5.01. The number of nitrogens with zero attached hydrogens (tertiary/aromatic N) is 3. The van der Waals surface area contributed by atoms with Crippen molar-refractivity contribution in [2.75, 3.05) is 5.32 Å². The van der Waals surface area contributed by atoms with E-state index in [-0.39, 0.29) is 46.9 Å². The number of hydrogen-bond donors (Lipinski definition) is 2. The second-order valence-corrected chi connectivity index (χ2v) is 6.58. The molecule has 0 saturated heterocycles. The summed E-state index contributed by atoms with van der Waals surface area (Å²) in [5.41, 5.74) is 1.53. The van der Waals surface area contributed by atoms with Crippen LogP contribution >= 0.6 is 36.4 Å². The van der Waals surface area contributed by atoms with Gasteiger partial charge in [0.1, 0.15) is 5.69 Å². The number of carbonyl (C=O) groups is 2. The first-order chi connectivity index (χ1) is 13.9. The molecule has 0 spiro atoms. The van der Waals surface area contributed by atoms with E-state index in [2.05, 4.69) is 20.5 Å². The lowest BCUT2D eigenvalue weighted by Crippen LogP contribution is -2.31. The first-order valence-corrected chi connectivity index (χ1v) is 8.74. The van der Waals surface area contributed by atoms with E-state index in [4.69, 9.17) is 11.6 Å². The molecule has 0 atom stereocenters. The largest absolute Gasteiger partial charge is 0.305 e. The Hall–Kier alpha value is -3.01. The third-order valence-corrected chi connectivity index (χ3v) is 4.55. The summed E-state index contributed by atoms with van der Waals surface area (Å²) in [7, 11) is 0. The minimum absolute atomic E-state index is 0. The van der Waals surface area contributed by atoms with Crippen molar-refractivity contribution in [3.05, 3.63) is 75.9 Å². The van der Waals surface area contributed by atoms with Crippen molar-refractivity contribution in [2.24, 2.45) is 4.99 Å². The van der Waals surface area contributed by atoms with Gasteiger partial charge >= 0.3 is 0 Å². The lowest BCUT2D eigenvalue weighted by atomic mass is 10.1. The molecule has 3 aromatic rings. The molecule has 7 nitrogen and oxygen atoms in total. The second-order valence-electron chi connectivity index (χ2n) is 6.17. The van der Waals surface area contributed by atoms with E-state index >= 15 is 0 Å². The average Bonchev–Trinajstić information content (AvgIpc) is 3.18. The fraction of sp³-hybridized carbons (Fsp3) is 0.0526. The lowest BCUT2D eigenvalue weighted by molar-refractivity contribution is 0.0838. The molecule has 2 amide bonds. The molecule has 0 saturated carbocycles. The Morgan fingerprint density at radius 2 is 1.81 bits per heavy atom. The van der Waals surface area contributed by atoms with Crippen molar-refractivity contribution in [3.8, 4) is 0 Å². The van der Waals surface area contributed by atoms with Crippen LogP contribution in [0.4, 0.5) is 20.3 Å². The molecule has 2 aromatic carbocycles. The second kappa shape index (κ2) is 9.86. The van der Waals surface area contributed by atoms with Crippen LogP contribution in [-0.4, -0.2) is 33.3 Å². The molecular weight excluding hydrogens is 475 g/mol. The molecule has 0 bridgehead atoms. The van der Waals surface area contributed by atoms with Gasteiger partial charge in [0.15, 0.2) is 17.5 Å². The Morgan fingerprint density at radius 3 is 2.58 bits per heavy atom. The van der Waals surface area contributed by atoms with Crippen molar-refractivity contribution < 1.29 is 18.4 Å². The van der Waals surface area contributed by atoms with Gasteiger partial charge in [0.05, 0.1) is 29.2 Å².